The van der Waals surface area contributed by atoms with E-state index in [9.17, 15) is 23.6 Å². The summed E-state index contributed by atoms with van der Waals surface area (Å²) < 4.78 is 13.2. The van der Waals surface area contributed by atoms with Gasteiger partial charge in [-0.05, 0) is 43.4 Å². The van der Waals surface area contributed by atoms with E-state index in [0.29, 0.717) is 12.8 Å². The highest BCUT2D eigenvalue weighted by molar-refractivity contribution is 5.94. The van der Waals surface area contributed by atoms with Gasteiger partial charge in [0.15, 0.2) is 5.60 Å². The van der Waals surface area contributed by atoms with E-state index < -0.39 is 42.5 Å². The van der Waals surface area contributed by atoms with Crippen molar-refractivity contribution in [1.29, 1.82) is 0 Å². The van der Waals surface area contributed by atoms with Crippen LogP contribution in [-0.4, -0.2) is 116 Å². The lowest BCUT2D eigenvalue weighted by molar-refractivity contribution is -0.170. The SMILES string of the molecule is O=C(O)CC(O)(CC(=O)O)C(=O)O.O=C(c1ccc(CN2CCC(F)CC2)cc1)N1CCN(C2CC2)CC1. The Labute approximate surface area is 220 Å². The van der Waals surface area contributed by atoms with Gasteiger partial charge in [-0.3, -0.25) is 24.2 Å². The number of amides is 1. The fourth-order valence-electron chi connectivity index (χ4n) is 4.70. The minimum atomic E-state index is -2.74. The van der Waals surface area contributed by atoms with Crippen molar-refractivity contribution in [2.45, 2.75) is 62.9 Å². The predicted octanol–water partition coefficient (Wildman–Crippen LogP) is 1.29. The molecule has 1 aliphatic carbocycles. The van der Waals surface area contributed by atoms with Crippen LogP contribution in [0.3, 0.4) is 0 Å². The molecule has 0 bridgehead atoms. The topological polar surface area (TPSA) is 159 Å². The van der Waals surface area contributed by atoms with E-state index in [2.05, 4.69) is 21.9 Å². The van der Waals surface area contributed by atoms with Crippen molar-refractivity contribution in [1.82, 2.24) is 14.7 Å². The molecule has 1 aromatic rings. The standard InChI is InChI=1S/C20H28FN3O.C6H8O7/c21-18-7-9-22(10-8-18)15-16-1-3-17(4-2-16)20(25)24-13-11-23(12-14-24)19-5-6-19;7-3(8)1-6(13,5(11)12)2-4(9)10/h1-4,18-19H,5-15H2;13H,1-2H2,(H,7,8)(H,9,10)(H,11,12). The van der Waals surface area contributed by atoms with Gasteiger partial charge >= 0.3 is 17.9 Å². The number of rotatable bonds is 9. The molecular weight excluding hydrogens is 501 g/mol. The highest BCUT2D eigenvalue weighted by atomic mass is 19.1. The fourth-order valence-corrected chi connectivity index (χ4v) is 4.70. The van der Waals surface area contributed by atoms with Crippen LogP contribution < -0.4 is 0 Å². The molecule has 2 saturated heterocycles. The first-order valence-corrected chi connectivity index (χ1v) is 12.8. The number of piperazine rings is 1. The smallest absolute Gasteiger partial charge is 0.336 e. The normalized spacial score (nSPS) is 19.4. The molecule has 1 saturated carbocycles. The van der Waals surface area contributed by atoms with Crippen LogP contribution in [0.4, 0.5) is 4.39 Å². The van der Waals surface area contributed by atoms with Crippen molar-refractivity contribution in [3.05, 3.63) is 35.4 Å². The zero-order valence-corrected chi connectivity index (χ0v) is 21.3. The number of alkyl halides is 1. The molecule has 0 unspecified atom stereocenters. The number of hydrogen-bond donors (Lipinski definition) is 4. The number of halogens is 1. The Morgan fingerprint density at radius 1 is 0.816 bits per heavy atom. The molecule has 11 nitrogen and oxygen atoms in total. The van der Waals surface area contributed by atoms with Crippen molar-refractivity contribution in [3.8, 4) is 0 Å². The van der Waals surface area contributed by atoms with Crippen molar-refractivity contribution >= 4 is 23.8 Å². The summed E-state index contributed by atoms with van der Waals surface area (Å²) in [5.74, 6) is -4.87. The molecule has 1 aromatic carbocycles. The van der Waals surface area contributed by atoms with Crippen molar-refractivity contribution in [2.75, 3.05) is 39.3 Å². The van der Waals surface area contributed by atoms with Crippen LogP contribution in [0.1, 0.15) is 54.4 Å². The molecule has 4 N–H and O–H groups in total. The van der Waals surface area contributed by atoms with E-state index in [-0.39, 0.29) is 5.91 Å². The van der Waals surface area contributed by atoms with E-state index in [0.717, 1.165) is 57.4 Å². The Kier molecular flexibility index (Phi) is 10.2. The van der Waals surface area contributed by atoms with Gasteiger partial charge in [0, 0.05) is 57.4 Å². The lowest BCUT2D eigenvalue weighted by Crippen LogP contribution is -2.49. The second-order valence-electron chi connectivity index (χ2n) is 10.2. The van der Waals surface area contributed by atoms with Crippen LogP contribution in [0.25, 0.3) is 0 Å². The number of piperidine rings is 1. The quantitative estimate of drug-likeness (QED) is 0.362. The second-order valence-corrected chi connectivity index (χ2v) is 10.2. The van der Waals surface area contributed by atoms with E-state index in [1.165, 1.54) is 18.4 Å². The minimum Gasteiger partial charge on any atom is -0.481 e. The summed E-state index contributed by atoms with van der Waals surface area (Å²) in [5, 5.41) is 33.8. The fraction of sp³-hybridized carbons (Fsp3) is 0.615. The van der Waals surface area contributed by atoms with E-state index in [4.69, 9.17) is 20.4 Å². The average molecular weight is 538 g/mol. The van der Waals surface area contributed by atoms with E-state index in [1.54, 1.807) is 0 Å². The van der Waals surface area contributed by atoms with Gasteiger partial charge in [-0.25, -0.2) is 9.18 Å². The summed E-state index contributed by atoms with van der Waals surface area (Å²) >= 11 is 0. The zero-order valence-electron chi connectivity index (χ0n) is 21.3. The maximum Gasteiger partial charge on any atom is 0.336 e. The number of likely N-dealkylation sites (tertiary alicyclic amines) is 1. The number of aliphatic hydroxyl groups is 1. The van der Waals surface area contributed by atoms with Gasteiger partial charge in [-0.2, -0.15) is 0 Å². The Morgan fingerprint density at radius 3 is 1.79 bits per heavy atom. The van der Waals surface area contributed by atoms with Crippen molar-refractivity contribution in [2.24, 2.45) is 0 Å². The van der Waals surface area contributed by atoms with Gasteiger partial charge in [0.2, 0.25) is 0 Å². The monoisotopic (exact) mass is 537 g/mol. The molecular formula is C26H36FN3O8. The highest BCUT2D eigenvalue weighted by Gasteiger charge is 2.40. The number of benzene rings is 1. The zero-order chi connectivity index (χ0) is 27.9. The molecule has 0 atom stereocenters. The molecule has 1 amide bonds. The highest BCUT2D eigenvalue weighted by Crippen LogP contribution is 2.27. The van der Waals surface area contributed by atoms with Gasteiger partial charge in [0.1, 0.15) is 6.17 Å². The molecule has 38 heavy (non-hydrogen) atoms. The summed E-state index contributed by atoms with van der Waals surface area (Å²) in [7, 11) is 0. The Hall–Kier alpha value is -3.09. The van der Waals surface area contributed by atoms with Gasteiger partial charge < -0.3 is 25.3 Å². The average Bonchev–Trinajstić information content (AvgIpc) is 3.71. The third-order valence-electron chi connectivity index (χ3n) is 7.07. The molecule has 0 aromatic heterocycles. The molecule has 2 heterocycles. The van der Waals surface area contributed by atoms with Crippen LogP contribution in [0.5, 0.6) is 0 Å². The Balaban J connectivity index is 0.000000263. The first-order chi connectivity index (χ1) is 18.0. The van der Waals surface area contributed by atoms with Crippen molar-refractivity contribution in [3.63, 3.8) is 0 Å². The summed E-state index contributed by atoms with van der Waals surface area (Å²) in [5.41, 5.74) is -0.754. The lowest BCUT2D eigenvalue weighted by Gasteiger charge is -2.35. The maximum absolute atomic E-state index is 13.2. The third kappa shape index (κ3) is 8.74. The van der Waals surface area contributed by atoms with Gasteiger partial charge in [-0.15, -0.1) is 0 Å². The first kappa shape index (κ1) is 29.5. The van der Waals surface area contributed by atoms with Crippen LogP contribution in [0.15, 0.2) is 24.3 Å². The number of aliphatic carboxylic acids is 3. The van der Waals surface area contributed by atoms with E-state index >= 15 is 0 Å². The molecule has 4 rings (SSSR count). The number of carboxylic acid groups (broad SMARTS) is 3. The largest absolute Gasteiger partial charge is 0.481 e. The molecule has 2 aliphatic heterocycles. The van der Waals surface area contributed by atoms with Gasteiger partial charge in [0.05, 0.1) is 12.8 Å². The van der Waals surface area contributed by atoms with Gasteiger partial charge in [-0.1, -0.05) is 12.1 Å². The summed E-state index contributed by atoms with van der Waals surface area (Å²) in [4.78, 5) is 50.0. The number of carbonyl (C=O) groups is 4. The Bertz CT molecular complexity index is 969. The number of carbonyl (C=O) groups excluding carboxylic acids is 1. The molecule has 0 spiro atoms. The lowest BCUT2D eigenvalue weighted by atomic mass is 9.96. The Morgan fingerprint density at radius 2 is 1.34 bits per heavy atom. The van der Waals surface area contributed by atoms with Crippen molar-refractivity contribution < 1.29 is 44.0 Å². The second kappa shape index (κ2) is 13.1. The first-order valence-electron chi connectivity index (χ1n) is 12.8. The summed E-state index contributed by atoms with van der Waals surface area (Å²) in [6.07, 6.45) is 1.03. The van der Waals surface area contributed by atoms with E-state index in [1.807, 2.05) is 17.0 Å². The maximum atomic E-state index is 13.2. The molecule has 12 heteroatoms. The molecule has 0 radical (unpaired) electrons. The van der Waals surface area contributed by atoms with Crippen LogP contribution in [0, 0.1) is 0 Å². The van der Waals surface area contributed by atoms with Crippen LogP contribution >= 0.6 is 0 Å². The third-order valence-corrected chi connectivity index (χ3v) is 7.07. The number of hydrogen-bond acceptors (Lipinski definition) is 7. The van der Waals surface area contributed by atoms with Crippen LogP contribution in [-0.2, 0) is 20.9 Å². The summed E-state index contributed by atoms with van der Waals surface area (Å²) in [6, 6.07) is 8.79. The van der Waals surface area contributed by atoms with Crippen LogP contribution in [0.2, 0.25) is 0 Å². The predicted molar refractivity (Wildman–Crippen MR) is 133 cm³/mol. The number of carboxylic acids is 3. The molecule has 210 valence electrons. The summed E-state index contributed by atoms with van der Waals surface area (Å²) in [6.45, 7) is 6.21. The molecule has 3 fully saturated rings. The molecule has 3 aliphatic rings. The number of nitrogens with zero attached hydrogens (tertiary/aromatic N) is 3. The van der Waals surface area contributed by atoms with Gasteiger partial charge in [0.25, 0.3) is 5.91 Å². The minimum absolute atomic E-state index is 0.153.